The predicted octanol–water partition coefficient (Wildman–Crippen LogP) is 3.06. The molecule has 7 heteroatoms. The van der Waals surface area contributed by atoms with Crippen molar-refractivity contribution in [3.8, 4) is 0 Å². The average Bonchev–Trinajstić information content (AvgIpc) is 3.13. The van der Waals surface area contributed by atoms with Crippen molar-refractivity contribution in [3.05, 3.63) is 52.7 Å². The molecule has 1 fully saturated rings. The Hall–Kier alpha value is -2.54. The van der Waals surface area contributed by atoms with Gasteiger partial charge in [0.25, 0.3) is 5.91 Å². The Morgan fingerprint density at radius 1 is 1.29 bits per heavy atom. The van der Waals surface area contributed by atoms with Crippen LogP contribution in [0.2, 0.25) is 0 Å². The molecule has 3 amide bonds. The molecule has 21 heavy (non-hydrogen) atoms. The maximum Gasteiger partial charge on any atom is 0.303 e. The van der Waals surface area contributed by atoms with Crippen LogP contribution in [0.1, 0.15) is 22.1 Å². The second kappa shape index (κ2) is 5.10. The summed E-state index contributed by atoms with van der Waals surface area (Å²) < 4.78 is 10.2. The summed E-state index contributed by atoms with van der Waals surface area (Å²) in [6, 6.07) is 6.32. The first-order valence-corrected chi connectivity index (χ1v) is 6.80. The lowest BCUT2D eigenvalue weighted by Crippen LogP contribution is -2.34. The lowest BCUT2D eigenvalue weighted by molar-refractivity contribution is -0.120. The molecule has 3 rings (SSSR count). The van der Waals surface area contributed by atoms with Gasteiger partial charge in [-0.15, -0.1) is 0 Å². The van der Waals surface area contributed by atoms with Crippen molar-refractivity contribution >= 4 is 34.9 Å². The smallest absolute Gasteiger partial charge is 0.303 e. The summed E-state index contributed by atoms with van der Waals surface area (Å²) in [7, 11) is 0. The molecule has 0 atom stereocenters. The zero-order valence-electron chi connectivity index (χ0n) is 10.9. The van der Waals surface area contributed by atoms with E-state index in [1.54, 1.807) is 19.1 Å². The summed E-state index contributed by atoms with van der Waals surface area (Å²) in [6.45, 7) is 1.77. The molecule has 0 bridgehead atoms. The molecule has 1 aliphatic heterocycles. The molecule has 0 unspecified atom stereocenters. The van der Waals surface area contributed by atoms with Gasteiger partial charge in [-0.1, -0.05) is 0 Å². The number of carbonyl (C=O) groups excluding carboxylic acids is 3. The highest BCUT2D eigenvalue weighted by Crippen LogP contribution is 2.33. The Morgan fingerprint density at radius 2 is 2.10 bits per heavy atom. The number of rotatable bonds is 2. The molecule has 6 nitrogen and oxygen atoms in total. The third-order valence-corrected chi connectivity index (χ3v) is 3.63. The third kappa shape index (κ3) is 2.43. The van der Waals surface area contributed by atoms with Crippen LogP contribution in [0, 0.1) is 6.92 Å². The standard InChI is InChI=1S/C14H9NO5S/c1-8-4-5-9(20-8)7-11-13(17)15(14(18)21-11)12(16)10-3-2-6-19-10/h2-7H,1H3/b11-7-. The fraction of sp³-hybridized carbons (Fsp3) is 0.0714. The van der Waals surface area contributed by atoms with Gasteiger partial charge in [0, 0.05) is 6.08 Å². The highest BCUT2D eigenvalue weighted by molar-refractivity contribution is 8.18. The van der Waals surface area contributed by atoms with Gasteiger partial charge >= 0.3 is 11.1 Å². The van der Waals surface area contributed by atoms with Gasteiger partial charge in [0.05, 0.1) is 11.2 Å². The summed E-state index contributed by atoms with van der Waals surface area (Å²) in [5.41, 5.74) is 0. The van der Waals surface area contributed by atoms with Gasteiger partial charge in [-0.2, -0.15) is 4.90 Å². The SMILES string of the molecule is Cc1ccc(/C=C2\SC(=O)N(C(=O)c3ccco3)C2=O)o1. The number of furan rings is 2. The summed E-state index contributed by atoms with van der Waals surface area (Å²) in [4.78, 5) is 36.8. The van der Waals surface area contributed by atoms with E-state index in [4.69, 9.17) is 8.83 Å². The topological polar surface area (TPSA) is 80.7 Å². The number of hydrogen-bond donors (Lipinski definition) is 0. The number of amides is 3. The van der Waals surface area contributed by atoms with Gasteiger partial charge in [-0.25, -0.2) is 0 Å². The van der Waals surface area contributed by atoms with E-state index in [0.717, 1.165) is 0 Å². The molecule has 106 valence electrons. The zero-order valence-corrected chi connectivity index (χ0v) is 11.7. The molecular formula is C14H9NO5S. The molecule has 0 spiro atoms. The summed E-state index contributed by atoms with van der Waals surface area (Å²) in [6.07, 6.45) is 2.74. The highest BCUT2D eigenvalue weighted by Gasteiger charge is 2.41. The molecule has 0 aliphatic carbocycles. The van der Waals surface area contributed by atoms with Crippen molar-refractivity contribution in [1.29, 1.82) is 0 Å². The molecule has 2 aromatic rings. The van der Waals surface area contributed by atoms with Crippen molar-refractivity contribution in [2.24, 2.45) is 0 Å². The predicted molar refractivity (Wildman–Crippen MR) is 74.3 cm³/mol. The largest absolute Gasteiger partial charge is 0.462 e. The quantitative estimate of drug-likeness (QED) is 0.626. The van der Waals surface area contributed by atoms with Crippen molar-refractivity contribution in [3.63, 3.8) is 0 Å². The van der Waals surface area contributed by atoms with Gasteiger partial charge in [-0.3, -0.25) is 14.4 Å². The minimum atomic E-state index is -0.776. The van der Waals surface area contributed by atoms with E-state index in [-0.39, 0.29) is 10.7 Å². The second-order valence-electron chi connectivity index (χ2n) is 4.25. The van der Waals surface area contributed by atoms with Crippen LogP contribution in [0.25, 0.3) is 6.08 Å². The highest BCUT2D eigenvalue weighted by atomic mass is 32.2. The van der Waals surface area contributed by atoms with Gasteiger partial charge in [0.1, 0.15) is 11.5 Å². The number of hydrogen-bond acceptors (Lipinski definition) is 6. The van der Waals surface area contributed by atoms with Crippen LogP contribution >= 0.6 is 11.8 Å². The third-order valence-electron chi connectivity index (χ3n) is 2.76. The van der Waals surface area contributed by atoms with Gasteiger partial charge in [0.2, 0.25) is 0 Å². The molecule has 1 aliphatic rings. The van der Waals surface area contributed by atoms with Gasteiger partial charge < -0.3 is 8.83 Å². The Morgan fingerprint density at radius 3 is 2.71 bits per heavy atom. The summed E-state index contributed by atoms with van der Waals surface area (Å²) in [5.74, 6) is -0.384. The fourth-order valence-electron chi connectivity index (χ4n) is 1.81. The van der Waals surface area contributed by atoms with Crippen molar-refractivity contribution in [1.82, 2.24) is 4.90 Å². The molecular weight excluding hydrogens is 294 g/mol. The van der Waals surface area contributed by atoms with Crippen LogP contribution in [0.15, 0.2) is 44.3 Å². The monoisotopic (exact) mass is 303 g/mol. The number of imide groups is 3. The Labute approximate surface area is 123 Å². The minimum Gasteiger partial charge on any atom is -0.462 e. The van der Waals surface area contributed by atoms with Crippen molar-refractivity contribution in [2.45, 2.75) is 6.92 Å². The zero-order chi connectivity index (χ0) is 15.0. The van der Waals surface area contributed by atoms with E-state index in [9.17, 15) is 14.4 Å². The molecule has 0 radical (unpaired) electrons. The van der Waals surface area contributed by atoms with E-state index >= 15 is 0 Å². The van der Waals surface area contributed by atoms with Crippen LogP contribution in [0.5, 0.6) is 0 Å². The lowest BCUT2D eigenvalue weighted by atomic mass is 10.3. The van der Waals surface area contributed by atoms with Crippen molar-refractivity contribution in [2.75, 3.05) is 0 Å². The molecule has 0 aromatic carbocycles. The molecule has 2 aromatic heterocycles. The number of carbonyl (C=O) groups is 3. The summed E-state index contributed by atoms with van der Waals surface area (Å²) in [5, 5.41) is -0.657. The fourth-order valence-corrected chi connectivity index (χ4v) is 2.61. The number of aryl methyl sites for hydroxylation is 1. The van der Waals surface area contributed by atoms with Crippen LogP contribution in [0.3, 0.4) is 0 Å². The van der Waals surface area contributed by atoms with Gasteiger partial charge in [-0.05, 0) is 43.0 Å². The molecule has 0 N–H and O–H groups in total. The van der Waals surface area contributed by atoms with E-state index < -0.39 is 17.1 Å². The second-order valence-corrected chi connectivity index (χ2v) is 5.24. The minimum absolute atomic E-state index is 0.0626. The average molecular weight is 303 g/mol. The number of nitrogens with zero attached hydrogens (tertiary/aromatic N) is 1. The molecule has 1 saturated heterocycles. The molecule has 3 heterocycles. The lowest BCUT2D eigenvalue weighted by Gasteiger charge is -2.07. The maximum atomic E-state index is 12.2. The first kappa shape index (κ1) is 13.4. The first-order chi connectivity index (χ1) is 10.1. The van der Waals surface area contributed by atoms with Crippen LogP contribution in [-0.2, 0) is 4.79 Å². The van der Waals surface area contributed by atoms with Crippen LogP contribution < -0.4 is 0 Å². The molecule has 0 saturated carbocycles. The van der Waals surface area contributed by atoms with E-state index in [0.29, 0.717) is 28.2 Å². The first-order valence-electron chi connectivity index (χ1n) is 5.98. The maximum absolute atomic E-state index is 12.2. The van der Waals surface area contributed by atoms with Crippen LogP contribution in [-0.4, -0.2) is 22.0 Å². The van der Waals surface area contributed by atoms with E-state index in [1.165, 1.54) is 24.5 Å². The Kier molecular flexibility index (Phi) is 3.26. The Bertz CT molecular complexity index is 756. The number of thioether (sulfide) groups is 1. The van der Waals surface area contributed by atoms with Crippen molar-refractivity contribution < 1.29 is 23.2 Å². The van der Waals surface area contributed by atoms with E-state index in [2.05, 4.69) is 0 Å². The normalized spacial score (nSPS) is 17.0. The Balaban J connectivity index is 1.89. The van der Waals surface area contributed by atoms with Gasteiger partial charge in [0.15, 0.2) is 5.76 Å². The summed E-state index contributed by atoms with van der Waals surface area (Å²) >= 11 is 0.688. The van der Waals surface area contributed by atoms with Crippen LogP contribution in [0.4, 0.5) is 4.79 Å². The van der Waals surface area contributed by atoms with E-state index in [1.807, 2.05) is 0 Å².